The van der Waals surface area contributed by atoms with Gasteiger partial charge in [-0.15, -0.1) is 0 Å². The smallest absolute Gasteiger partial charge is 0.238 e. The van der Waals surface area contributed by atoms with Crippen LogP contribution >= 0.6 is 11.6 Å². The lowest BCUT2D eigenvalue weighted by atomic mass is 9.85. The van der Waals surface area contributed by atoms with E-state index < -0.39 is 0 Å². The molecule has 1 aliphatic heterocycles. The summed E-state index contributed by atoms with van der Waals surface area (Å²) >= 11 is 6.39. The van der Waals surface area contributed by atoms with Crippen LogP contribution in [0.3, 0.4) is 0 Å². The van der Waals surface area contributed by atoms with Gasteiger partial charge in [0.05, 0.1) is 22.5 Å². The van der Waals surface area contributed by atoms with Crippen LogP contribution in [0.5, 0.6) is 11.5 Å². The van der Waals surface area contributed by atoms with Crippen molar-refractivity contribution in [3.05, 3.63) is 65.2 Å². The summed E-state index contributed by atoms with van der Waals surface area (Å²) in [7, 11) is 0. The van der Waals surface area contributed by atoms with Crippen molar-refractivity contribution in [2.75, 3.05) is 4.90 Å². The Balaban J connectivity index is 1.42. The minimum absolute atomic E-state index is 0.106. The second kappa shape index (κ2) is 5.96. The monoisotopic (exact) mass is 379 g/mol. The number of allylic oxidation sites excluding steroid dienone is 2. The standard InChI is InChI=1S/C22H18ClNO3/c1-12-2-7-16(8-3-12)27-18-9-6-15(11-17(18)23)24-21(25)19-13-4-5-14(10-13)20(19)22(24)26/h2-9,11,13-14,19-20H,10H2,1H3/t13-,14-,19-,20-/m0/s1. The molecule has 2 fully saturated rings. The number of hydrogen-bond donors (Lipinski definition) is 0. The van der Waals surface area contributed by atoms with Crippen molar-refractivity contribution in [3.8, 4) is 11.5 Å². The van der Waals surface area contributed by atoms with Crippen molar-refractivity contribution in [2.45, 2.75) is 13.3 Å². The number of hydrogen-bond acceptors (Lipinski definition) is 3. The Morgan fingerprint density at radius 3 is 2.19 bits per heavy atom. The van der Waals surface area contributed by atoms with Gasteiger partial charge in [-0.05, 0) is 55.5 Å². The fraction of sp³-hybridized carbons (Fsp3) is 0.273. The predicted molar refractivity (Wildman–Crippen MR) is 103 cm³/mol. The van der Waals surface area contributed by atoms with Gasteiger partial charge in [-0.3, -0.25) is 9.59 Å². The second-order valence-corrected chi connectivity index (χ2v) is 7.95. The fourth-order valence-electron chi connectivity index (χ4n) is 4.60. The van der Waals surface area contributed by atoms with E-state index in [1.54, 1.807) is 18.2 Å². The Kier molecular flexibility index (Phi) is 3.66. The number of anilines is 1. The third-order valence-electron chi connectivity index (χ3n) is 5.89. The van der Waals surface area contributed by atoms with Crippen LogP contribution in [0.4, 0.5) is 5.69 Å². The number of fused-ring (bicyclic) bond motifs is 5. The molecule has 2 amide bonds. The molecule has 0 radical (unpaired) electrons. The highest BCUT2D eigenvalue weighted by molar-refractivity contribution is 6.33. The average molecular weight is 380 g/mol. The number of carbonyl (C=O) groups is 2. The summed E-state index contributed by atoms with van der Waals surface area (Å²) in [6.45, 7) is 2.01. The lowest BCUT2D eigenvalue weighted by Gasteiger charge is -2.18. The predicted octanol–water partition coefficient (Wildman–Crippen LogP) is 4.75. The number of imide groups is 1. The molecule has 2 aliphatic carbocycles. The Labute approximate surface area is 162 Å². The number of aryl methyl sites for hydroxylation is 1. The van der Waals surface area contributed by atoms with Gasteiger partial charge in [-0.1, -0.05) is 41.4 Å². The molecular weight excluding hydrogens is 362 g/mol. The Morgan fingerprint density at radius 2 is 1.59 bits per heavy atom. The quantitative estimate of drug-likeness (QED) is 0.571. The zero-order chi connectivity index (χ0) is 18.7. The first-order valence-electron chi connectivity index (χ1n) is 9.13. The summed E-state index contributed by atoms with van der Waals surface area (Å²) in [4.78, 5) is 27.1. The van der Waals surface area contributed by atoms with Crippen LogP contribution in [0.15, 0.2) is 54.6 Å². The number of rotatable bonds is 3. The molecule has 1 heterocycles. The molecule has 3 aliphatic rings. The zero-order valence-corrected chi connectivity index (χ0v) is 15.5. The summed E-state index contributed by atoms with van der Waals surface area (Å²) < 4.78 is 5.82. The summed E-state index contributed by atoms with van der Waals surface area (Å²) in [5.41, 5.74) is 1.66. The lowest BCUT2D eigenvalue weighted by Crippen LogP contribution is -2.32. The van der Waals surface area contributed by atoms with Crippen LogP contribution in [-0.4, -0.2) is 11.8 Å². The zero-order valence-electron chi connectivity index (χ0n) is 14.8. The molecule has 4 atom stereocenters. The highest BCUT2D eigenvalue weighted by Gasteiger charge is 2.59. The van der Waals surface area contributed by atoms with Gasteiger partial charge in [0.2, 0.25) is 11.8 Å². The van der Waals surface area contributed by atoms with E-state index in [2.05, 4.69) is 12.2 Å². The van der Waals surface area contributed by atoms with Gasteiger partial charge in [0.25, 0.3) is 0 Å². The Morgan fingerprint density at radius 1 is 0.963 bits per heavy atom. The van der Waals surface area contributed by atoms with E-state index in [1.807, 2.05) is 31.2 Å². The van der Waals surface area contributed by atoms with Gasteiger partial charge >= 0.3 is 0 Å². The number of benzene rings is 2. The molecule has 0 spiro atoms. The molecule has 5 heteroatoms. The van der Waals surface area contributed by atoms with Gasteiger partial charge in [0.15, 0.2) is 0 Å². The minimum Gasteiger partial charge on any atom is -0.456 e. The van der Waals surface area contributed by atoms with Crippen LogP contribution in [-0.2, 0) is 9.59 Å². The molecule has 0 N–H and O–H groups in total. The summed E-state index contributed by atoms with van der Waals surface area (Å²) in [6.07, 6.45) is 5.10. The van der Waals surface area contributed by atoms with Crippen LogP contribution in [0.1, 0.15) is 12.0 Å². The third-order valence-corrected chi connectivity index (χ3v) is 6.19. The molecule has 2 bridgehead atoms. The molecule has 4 nitrogen and oxygen atoms in total. The van der Waals surface area contributed by atoms with Crippen molar-refractivity contribution in [1.29, 1.82) is 0 Å². The molecule has 0 aromatic heterocycles. The number of halogens is 1. The van der Waals surface area contributed by atoms with Gasteiger partial charge < -0.3 is 4.74 Å². The van der Waals surface area contributed by atoms with Crippen molar-refractivity contribution >= 4 is 29.1 Å². The van der Waals surface area contributed by atoms with E-state index in [0.717, 1.165) is 12.0 Å². The maximum atomic E-state index is 12.9. The number of carbonyl (C=O) groups excluding carboxylic acids is 2. The molecule has 27 heavy (non-hydrogen) atoms. The Bertz CT molecular complexity index is 952. The maximum Gasteiger partial charge on any atom is 0.238 e. The van der Waals surface area contributed by atoms with Gasteiger partial charge in [-0.2, -0.15) is 0 Å². The lowest BCUT2D eigenvalue weighted by molar-refractivity contribution is -0.123. The Hall–Kier alpha value is -2.59. The van der Waals surface area contributed by atoms with E-state index in [9.17, 15) is 9.59 Å². The molecule has 136 valence electrons. The maximum absolute atomic E-state index is 12.9. The summed E-state index contributed by atoms with van der Waals surface area (Å²) in [6, 6.07) is 12.7. The minimum atomic E-state index is -0.213. The van der Waals surface area contributed by atoms with Gasteiger partial charge in [-0.25, -0.2) is 4.90 Å². The first kappa shape index (κ1) is 16.6. The van der Waals surface area contributed by atoms with Gasteiger partial charge in [0, 0.05) is 0 Å². The van der Waals surface area contributed by atoms with Gasteiger partial charge in [0.1, 0.15) is 11.5 Å². The fourth-order valence-corrected chi connectivity index (χ4v) is 4.82. The van der Waals surface area contributed by atoms with E-state index in [4.69, 9.17) is 16.3 Å². The third kappa shape index (κ3) is 2.51. The number of nitrogens with zero attached hydrogens (tertiary/aromatic N) is 1. The molecule has 1 saturated heterocycles. The largest absolute Gasteiger partial charge is 0.456 e. The highest BCUT2D eigenvalue weighted by Crippen LogP contribution is 2.53. The average Bonchev–Trinajstić information content (AvgIpc) is 3.33. The van der Waals surface area contributed by atoms with Crippen molar-refractivity contribution in [1.82, 2.24) is 0 Å². The molecule has 2 aromatic carbocycles. The molecular formula is C22H18ClNO3. The van der Waals surface area contributed by atoms with Crippen LogP contribution in [0.25, 0.3) is 0 Å². The molecule has 0 unspecified atom stereocenters. The van der Waals surface area contributed by atoms with Crippen LogP contribution < -0.4 is 9.64 Å². The highest BCUT2D eigenvalue weighted by atomic mass is 35.5. The van der Waals surface area contributed by atoms with Crippen molar-refractivity contribution < 1.29 is 14.3 Å². The topological polar surface area (TPSA) is 46.6 Å². The normalized spacial score (nSPS) is 28.1. The molecule has 5 rings (SSSR count). The molecule has 2 aromatic rings. The first-order valence-corrected chi connectivity index (χ1v) is 9.51. The van der Waals surface area contributed by atoms with Crippen molar-refractivity contribution in [3.63, 3.8) is 0 Å². The summed E-state index contributed by atoms with van der Waals surface area (Å²) in [5.74, 6) is 0.924. The summed E-state index contributed by atoms with van der Waals surface area (Å²) in [5, 5.41) is 0.367. The van der Waals surface area contributed by atoms with E-state index in [0.29, 0.717) is 22.2 Å². The van der Waals surface area contributed by atoms with Crippen LogP contribution in [0.2, 0.25) is 5.02 Å². The first-order chi connectivity index (χ1) is 13.0. The van der Waals surface area contributed by atoms with E-state index >= 15 is 0 Å². The number of amides is 2. The van der Waals surface area contributed by atoms with E-state index in [-0.39, 0.29) is 35.5 Å². The second-order valence-electron chi connectivity index (χ2n) is 7.54. The van der Waals surface area contributed by atoms with E-state index in [1.165, 1.54) is 4.90 Å². The van der Waals surface area contributed by atoms with Crippen LogP contribution in [0, 0.1) is 30.6 Å². The van der Waals surface area contributed by atoms with Crippen molar-refractivity contribution in [2.24, 2.45) is 23.7 Å². The SMILES string of the molecule is Cc1ccc(Oc2ccc(N3C(=O)[C@@H]4[C@@H](C3=O)[C@H]3C=C[C@H]4C3)cc2Cl)cc1. The number of ether oxygens (including phenoxy) is 1. The molecule has 1 saturated carbocycles.